The summed E-state index contributed by atoms with van der Waals surface area (Å²) >= 11 is 0. The highest BCUT2D eigenvalue weighted by Crippen LogP contribution is 2.19. The minimum absolute atomic E-state index is 0. The molecule has 2 aromatic carbocycles. The number of carbonyl (C=O) groups is 2. The third-order valence-electron chi connectivity index (χ3n) is 3.30. The maximum Gasteiger partial charge on any atom is 0.323 e. The highest BCUT2D eigenvalue weighted by molar-refractivity contribution is 5.91. The molecule has 0 aliphatic rings. The molecule has 0 spiro atoms. The van der Waals surface area contributed by atoms with Gasteiger partial charge in [-0.1, -0.05) is 42.5 Å². The molecule has 2 rings (SSSR count). The molecular weight excluding hydrogens is 304 g/mol. The first-order chi connectivity index (χ1) is 10.1. The van der Waals surface area contributed by atoms with Crippen molar-refractivity contribution in [2.45, 2.75) is 6.42 Å². The molecule has 0 heterocycles. The van der Waals surface area contributed by atoms with E-state index in [0.29, 0.717) is 0 Å². The molecule has 1 amide bonds. The van der Waals surface area contributed by atoms with Gasteiger partial charge in [-0.15, -0.1) is 12.4 Å². The molecule has 118 valence electrons. The number of rotatable bonds is 6. The minimum atomic E-state index is -1.03. The molecule has 0 bridgehead atoms. The molecule has 2 aromatic rings. The first kappa shape index (κ1) is 17.9. The number of carboxylic acids is 1. The van der Waals surface area contributed by atoms with E-state index in [9.17, 15) is 9.59 Å². The Kier molecular flexibility index (Phi) is 6.82. The summed E-state index contributed by atoms with van der Waals surface area (Å²) in [4.78, 5) is 24.4. The van der Waals surface area contributed by atoms with Gasteiger partial charge in [-0.2, -0.15) is 0 Å². The van der Waals surface area contributed by atoms with E-state index < -0.39 is 5.97 Å². The zero-order chi connectivity index (χ0) is 15.2. The number of amides is 1. The second-order valence-corrected chi connectivity index (χ2v) is 4.81. The molecule has 0 saturated heterocycles. The fourth-order valence-corrected chi connectivity index (χ4v) is 2.33. The van der Waals surface area contributed by atoms with Crippen LogP contribution in [0.4, 0.5) is 0 Å². The van der Waals surface area contributed by atoms with Crippen LogP contribution >= 0.6 is 12.4 Å². The number of halogens is 1. The summed E-state index contributed by atoms with van der Waals surface area (Å²) < 4.78 is 0. The van der Waals surface area contributed by atoms with Crippen molar-refractivity contribution < 1.29 is 14.7 Å². The molecule has 0 atom stereocenters. The Labute approximate surface area is 135 Å². The summed E-state index contributed by atoms with van der Waals surface area (Å²) in [6, 6.07) is 13.6. The van der Waals surface area contributed by atoms with Gasteiger partial charge in [0, 0.05) is 13.1 Å². The third-order valence-corrected chi connectivity index (χ3v) is 3.30. The number of hydrogen-bond donors (Lipinski definition) is 2. The first-order valence-corrected chi connectivity index (χ1v) is 6.78. The van der Waals surface area contributed by atoms with Crippen molar-refractivity contribution >= 4 is 35.1 Å². The van der Waals surface area contributed by atoms with Crippen LogP contribution in [-0.2, 0) is 16.0 Å². The number of hydrogen-bond acceptors (Lipinski definition) is 3. The second kappa shape index (κ2) is 8.36. The lowest BCUT2D eigenvalue weighted by Crippen LogP contribution is -2.39. The van der Waals surface area contributed by atoms with Crippen molar-refractivity contribution in [1.29, 1.82) is 0 Å². The van der Waals surface area contributed by atoms with Crippen LogP contribution in [0.3, 0.4) is 0 Å². The van der Waals surface area contributed by atoms with Crippen molar-refractivity contribution in [2.75, 3.05) is 19.6 Å². The fourth-order valence-electron chi connectivity index (χ4n) is 2.33. The summed E-state index contributed by atoms with van der Waals surface area (Å²) in [6.07, 6.45) is 0.175. The van der Waals surface area contributed by atoms with E-state index in [2.05, 4.69) is 0 Å². The smallest absolute Gasteiger partial charge is 0.323 e. The Morgan fingerprint density at radius 3 is 2.45 bits per heavy atom. The highest BCUT2D eigenvalue weighted by atomic mass is 35.5. The van der Waals surface area contributed by atoms with Gasteiger partial charge in [-0.05, 0) is 16.3 Å². The van der Waals surface area contributed by atoms with Crippen LogP contribution in [0.5, 0.6) is 0 Å². The third kappa shape index (κ3) is 4.44. The number of nitrogens with zero attached hydrogens (tertiary/aromatic N) is 1. The molecular formula is C16H19ClN2O3. The quantitative estimate of drug-likeness (QED) is 0.847. The number of carboxylic acid groups (broad SMARTS) is 1. The molecule has 3 N–H and O–H groups in total. The SMILES string of the molecule is Cl.NCCN(CC(=O)O)C(=O)Cc1cccc2ccccc12. The Balaban J connectivity index is 0.00000242. The van der Waals surface area contributed by atoms with Crippen LogP contribution in [0.2, 0.25) is 0 Å². The molecule has 22 heavy (non-hydrogen) atoms. The molecule has 0 saturated carbocycles. The van der Waals surface area contributed by atoms with Gasteiger partial charge >= 0.3 is 5.97 Å². The minimum Gasteiger partial charge on any atom is -0.480 e. The van der Waals surface area contributed by atoms with Gasteiger partial charge in [0.15, 0.2) is 0 Å². The Hall–Kier alpha value is -2.11. The van der Waals surface area contributed by atoms with Crippen molar-refractivity contribution in [3.63, 3.8) is 0 Å². The van der Waals surface area contributed by atoms with E-state index in [1.54, 1.807) is 0 Å². The Morgan fingerprint density at radius 2 is 1.77 bits per heavy atom. The number of aliphatic carboxylic acids is 1. The van der Waals surface area contributed by atoms with Gasteiger partial charge in [0.25, 0.3) is 0 Å². The molecule has 0 aliphatic heterocycles. The molecule has 0 radical (unpaired) electrons. The standard InChI is InChI=1S/C16H18N2O3.ClH/c17-8-9-18(11-16(20)21)15(19)10-13-6-3-5-12-4-1-2-7-14(12)13;/h1-7H,8-11,17H2,(H,20,21);1H. The lowest BCUT2D eigenvalue weighted by atomic mass is 10.0. The average Bonchev–Trinajstić information content (AvgIpc) is 2.47. The maximum absolute atomic E-state index is 12.3. The summed E-state index contributed by atoms with van der Waals surface area (Å²) in [5, 5.41) is 10.9. The molecule has 5 nitrogen and oxygen atoms in total. The van der Waals surface area contributed by atoms with E-state index in [0.717, 1.165) is 16.3 Å². The second-order valence-electron chi connectivity index (χ2n) is 4.81. The van der Waals surface area contributed by atoms with Crippen LogP contribution in [-0.4, -0.2) is 41.5 Å². The number of nitrogens with two attached hydrogens (primary N) is 1. The monoisotopic (exact) mass is 322 g/mol. The summed E-state index contributed by atoms with van der Waals surface area (Å²) in [5.74, 6) is -1.26. The fraction of sp³-hybridized carbons (Fsp3) is 0.250. The largest absolute Gasteiger partial charge is 0.480 e. The van der Waals surface area contributed by atoms with E-state index in [1.165, 1.54) is 4.90 Å². The maximum atomic E-state index is 12.3. The van der Waals surface area contributed by atoms with Crippen LogP contribution in [0.15, 0.2) is 42.5 Å². The molecule has 0 fully saturated rings. The lowest BCUT2D eigenvalue weighted by Gasteiger charge is -2.20. The van der Waals surface area contributed by atoms with Gasteiger partial charge in [0.05, 0.1) is 6.42 Å². The predicted molar refractivity (Wildman–Crippen MR) is 88.2 cm³/mol. The summed E-state index contributed by atoms with van der Waals surface area (Å²) in [5.41, 5.74) is 6.33. The van der Waals surface area contributed by atoms with Gasteiger partial charge in [-0.25, -0.2) is 0 Å². The van der Waals surface area contributed by atoms with Crippen LogP contribution < -0.4 is 5.73 Å². The topological polar surface area (TPSA) is 83.6 Å². The first-order valence-electron chi connectivity index (χ1n) is 6.78. The van der Waals surface area contributed by atoms with E-state index >= 15 is 0 Å². The summed E-state index contributed by atoms with van der Waals surface area (Å²) in [6.45, 7) is 0.172. The number of carbonyl (C=O) groups excluding carboxylic acids is 1. The Morgan fingerprint density at radius 1 is 1.09 bits per heavy atom. The average molecular weight is 323 g/mol. The van der Waals surface area contributed by atoms with Gasteiger partial charge < -0.3 is 15.7 Å². The van der Waals surface area contributed by atoms with Crippen molar-refractivity contribution in [3.8, 4) is 0 Å². The molecule has 0 unspecified atom stereocenters. The van der Waals surface area contributed by atoms with Crippen LogP contribution in [0.25, 0.3) is 10.8 Å². The van der Waals surface area contributed by atoms with Gasteiger partial charge in [-0.3, -0.25) is 9.59 Å². The van der Waals surface area contributed by atoms with Gasteiger partial charge in [0.2, 0.25) is 5.91 Å². The predicted octanol–water partition coefficient (Wildman–Crippen LogP) is 1.68. The van der Waals surface area contributed by atoms with Gasteiger partial charge in [0.1, 0.15) is 6.54 Å². The van der Waals surface area contributed by atoms with E-state index in [1.807, 2.05) is 42.5 Å². The zero-order valence-corrected chi connectivity index (χ0v) is 12.9. The molecule has 6 heteroatoms. The molecule has 0 aromatic heterocycles. The molecule has 0 aliphatic carbocycles. The number of fused-ring (bicyclic) bond motifs is 1. The lowest BCUT2D eigenvalue weighted by molar-refractivity contribution is -0.144. The zero-order valence-electron chi connectivity index (χ0n) is 12.1. The normalized spacial score (nSPS) is 10.0. The van der Waals surface area contributed by atoms with Crippen molar-refractivity contribution in [3.05, 3.63) is 48.0 Å². The van der Waals surface area contributed by atoms with Crippen LogP contribution in [0.1, 0.15) is 5.56 Å². The Bertz CT molecular complexity index is 655. The van der Waals surface area contributed by atoms with Crippen molar-refractivity contribution in [1.82, 2.24) is 4.90 Å². The van der Waals surface area contributed by atoms with E-state index in [-0.39, 0.29) is 44.4 Å². The number of benzene rings is 2. The van der Waals surface area contributed by atoms with E-state index in [4.69, 9.17) is 10.8 Å². The highest BCUT2D eigenvalue weighted by Gasteiger charge is 2.17. The summed E-state index contributed by atoms with van der Waals surface area (Å²) in [7, 11) is 0. The van der Waals surface area contributed by atoms with Crippen molar-refractivity contribution in [2.24, 2.45) is 5.73 Å². The van der Waals surface area contributed by atoms with Crippen LogP contribution in [0, 0.1) is 0 Å².